The van der Waals surface area contributed by atoms with Crippen LogP contribution in [-0.4, -0.2) is 57.4 Å². The number of piperazine rings is 1. The smallest absolute Gasteiger partial charge is 0.275 e. The van der Waals surface area contributed by atoms with E-state index in [2.05, 4.69) is 5.32 Å². The summed E-state index contributed by atoms with van der Waals surface area (Å²) in [7, 11) is -3.74. The summed E-state index contributed by atoms with van der Waals surface area (Å²) in [5, 5.41) is 3.17. The number of hydrogen-bond acceptors (Lipinski definition) is 3. The Bertz CT molecular complexity index is 699. The molecule has 25 heavy (non-hydrogen) atoms. The molecule has 1 aromatic rings. The molecule has 2 N–H and O–H groups in total. The van der Waals surface area contributed by atoms with Gasteiger partial charge in [-0.1, -0.05) is 36.2 Å². The molecule has 1 aliphatic heterocycles. The van der Waals surface area contributed by atoms with Gasteiger partial charge in [-0.2, -0.15) is 4.31 Å². The lowest BCUT2D eigenvalue weighted by Gasteiger charge is -2.31. The Morgan fingerprint density at radius 2 is 1.84 bits per heavy atom. The Morgan fingerprint density at radius 3 is 2.36 bits per heavy atom. The van der Waals surface area contributed by atoms with Crippen LogP contribution >= 0.6 is 23.2 Å². The molecule has 1 heterocycles. The summed E-state index contributed by atoms with van der Waals surface area (Å²) in [6, 6.07) is 4.79. The second-order valence-corrected chi connectivity index (χ2v) is 8.95. The molecule has 0 radical (unpaired) electrons. The zero-order valence-corrected chi connectivity index (χ0v) is 16.7. The van der Waals surface area contributed by atoms with E-state index in [1.54, 1.807) is 6.07 Å². The summed E-state index contributed by atoms with van der Waals surface area (Å²) in [6.07, 6.45) is 0.881. The van der Waals surface area contributed by atoms with Crippen LogP contribution in [0, 0.1) is 0 Å². The summed E-state index contributed by atoms with van der Waals surface area (Å²) in [4.78, 5) is 13.0. The molecular formula is C16H24Cl2N3O3S+. The first kappa shape index (κ1) is 20.5. The van der Waals surface area contributed by atoms with Crippen molar-refractivity contribution in [1.82, 2.24) is 9.62 Å². The fraction of sp³-hybridized carbons (Fsp3) is 0.562. The molecule has 0 aliphatic carbocycles. The number of nitrogens with one attached hydrogen (secondary N) is 2. The molecule has 2 rings (SSSR count). The topological polar surface area (TPSA) is 70.9 Å². The largest absolute Gasteiger partial charge is 0.349 e. The van der Waals surface area contributed by atoms with Crippen molar-refractivity contribution in [3.63, 3.8) is 0 Å². The highest BCUT2D eigenvalue weighted by Gasteiger charge is 2.33. The van der Waals surface area contributed by atoms with Gasteiger partial charge < -0.3 is 10.2 Å². The summed E-state index contributed by atoms with van der Waals surface area (Å²) in [6.45, 7) is 6.12. The molecule has 6 nitrogen and oxygen atoms in total. The summed E-state index contributed by atoms with van der Waals surface area (Å²) < 4.78 is 27.0. The number of benzene rings is 1. The van der Waals surface area contributed by atoms with E-state index >= 15 is 0 Å². The molecule has 0 saturated carbocycles. The van der Waals surface area contributed by atoms with E-state index in [1.807, 2.05) is 13.8 Å². The first-order valence-electron chi connectivity index (χ1n) is 8.32. The highest BCUT2D eigenvalue weighted by Crippen LogP contribution is 2.31. The van der Waals surface area contributed by atoms with Crippen molar-refractivity contribution in [1.29, 1.82) is 0 Å². The van der Waals surface area contributed by atoms with E-state index in [-0.39, 0.29) is 26.9 Å². The maximum atomic E-state index is 12.8. The first-order valence-corrected chi connectivity index (χ1v) is 10.5. The Hall–Kier alpha value is -0.860. The molecule has 1 atom stereocenters. The predicted molar refractivity (Wildman–Crippen MR) is 98.7 cm³/mol. The minimum Gasteiger partial charge on any atom is -0.349 e. The normalized spacial score (nSPS) is 18.1. The molecule has 1 amide bonds. The molecule has 0 spiro atoms. The second kappa shape index (κ2) is 8.68. The lowest BCUT2D eigenvalue weighted by atomic mass is 10.2. The van der Waals surface area contributed by atoms with Gasteiger partial charge in [-0.05, 0) is 25.5 Å². The Kier molecular flexibility index (Phi) is 7.10. The van der Waals surface area contributed by atoms with Gasteiger partial charge in [0.05, 0.1) is 36.2 Å². The lowest BCUT2D eigenvalue weighted by molar-refractivity contribution is -0.895. The van der Waals surface area contributed by atoms with E-state index in [4.69, 9.17) is 23.2 Å². The quantitative estimate of drug-likeness (QED) is 0.730. The van der Waals surface area contributed by atoms with Gasteiger partial charge in [0.2, 0.25) is 10.0 Å². The molecule has 9 heteroatoms. The van der Waals surface area contributed by atoms with E-state index in [0.29, 0.717) is 32.7 Å². The maximum absolute atomic E-state index is 12.8. The molecular weight excluding hydrogens is 385 g/mol. The van der Waals surface area contributed by atoms with E-state index in [1.165, 1.54) is 16.4 Å². The van der Waals surface area contributed by atoms with Crippen molar-refractivity contribution in [2.75, 3.05) is 32.7 Å². The van der Waals surface area contributed by atoms with Gasteiger partial charge >= 0.3 is 0 Å². The average molecular weight is 409 g/mol. The van der Waals surface area contributed by atoms with Crippen molar-refractivity contribution < 1.29 is 18.1 Å². The predicted octanol–water partition coefficient (Wildman–Crippen LogP) is 0.797. The zero-order valence-electron chi connectivity index (χ0n) is 14.4. The molecule has 1 saturated heterocycles. The highest BCUT2D eigenvalue weighted by atomic mass is 35.5. The molecule has 0 bridgehead atoms. The van der Waals surface area contributed by atoms with Crippen molar-refractivity contribution >= 4 is 39.1 Å². The van der Waals surface area contributed by atoms with Crippen LogP contribution in [-0.2, 0) is 14.8 Å². The van der Waals surface area contributed by atoms with Crippen LogP contribution in [0.5, 0.6) is 0 Å². The number of sulfonamides is 1. The zero-order chi connectivity index (χ0) is 18.6. The fourth-order valence-electron chi connectivity index (χ4n) is 2.73. The van der Waals surface area contributed by atoms with Crippen LogP contribution in [0.4, 0.5) is 0 Å². The molecule has 0 aromatic heterocycles. The molecule has 1 fully saturated rings. The van der Waals surface area contributed by atoms with Crippen LogP contribution in [0.25, 0.3) is 0 Å². The third-order valence-electron chi connectivity index (χ3n) is 4.38. The minimum atomic E-state index is -3.74. The summed E-state index contributed by atoms with van der Waals surface area (Å²) >= 11 is 12.1. The number of hydrogen-bond donors (Lipinski definition) is 2. The monoisotopic (exact) mass is 408 g/mol. The van der Waals surface area contributed by atoms with Crippen LogP contribution in [0.2, 0.25) is 10.0 Å². The van der Waals surface area contributed by atoms with Gasteiger partial charge in [-0.3, -0.25) is 4.79 Å². The molecule has 1 aromatic carbocycles. The van der Waals surface area contributed by atoms with Crippen LogP contribution in [0.15, 0.2) is 23.1 Å². The fourth-order valence-corrected chi connectivity index (χ4v) is 5.27. The van der Waals surface area contributed by atoms with E-state index in [0.717, 1.165) is 11.3 Å². The van der Waals surface area contributed by atoms with Crippen LogP contribution in [0.1, 0.15) is 20.3 Å². The maximum Gasteiger partial charge on any atom is 0.275 e. The van der Waals surface area contributed by atoms with Crippen LogP contribution < -0.4 is 10.2 Å². The lowest BCUT2D eigenvalue weighted by Crippen LogP contribution is -3.15. The molecule has 0 unspecified atom stereocenters. The Labute approximate surface area is 159 Å². The number of carbonyl (C=O) groups is 1. The average Bonchev–Trinajstić information content (AvgIpc) is 2.54. The summed E-state index contributed by atoms with van der Waals surface area (Å²) in [5.74, 6) is -0.00481. The second-order valence-electron chi connectivity index (χ2n) is 6.26. The standard InChI is InChI=1S/C16H23Cl2N3O3S/c1-3-12(2)19-15(22)11-20-7-9-21(10-8-20)25(23,24)16-13(17)5-4-6-14(16)18/h4-6,12H,3,7-11H2,1-2H3,(H,19,22)/p+1/t12-/m0/s1. The molecule has 1 aliphatic rings. The van der Waals surface area contributed by atoms with Gasteiger partial charge in [-0.15, -0.1) is 0 Å². The van der Waals surface area contributed by atoms with Gasteiger partial charge in [0.15, 0.2) is 6.54 Å². The van der Waals surface area contributed by atoms with Gasteiger partial charge in [0, 0.05) is 6.04 Å². The minimum absolute atomic E-state index is 0.00481. The van der Waals surface area contributed by atoms with Gasteiger partial charge in [-0.25, -0.2) is 8.42 Å². The van der Waals surface area contributed by atoms with E-state index < -0.39 is 10.0 Å². The van der Waals surface area contributed by atoms with Crippen molar-refractivity contribution in [3.8, 4) is 0 Å². The number of nitrogens with zero attached hydrogens (tertiary/aromatic N) is 1. The van der Waals surface area contributed by atoms with E-state index in [9.17, 15) is 13.2 Å². The summed E-state index contributed by atoms with van der Waals surface area (Å²) in [5.41, 5.74) is 0. The third kappa shape index (κ3) is 5.08. The van der Waals surface area contributed by atoms with Crippen molar-refractivity contribution in [2.24, 2.45) is 0 Å². The highest BCUT2D eigenvalue weighted by molar-refractivity contribution is 7.89. The van der Waals surface area contributed by atoms with Gasteiger partial charge in [0.25, 0.3) is 5.91 Å². The third-order valence-corrected chi connectivity index (χ3v) is 7.23. The number of amides is 1. The van der Waals surface area contributed by atoms with Crippen molar-refractivity contribution in [3.05, 3.63) is 28.2 Å². The Balaban J connectivity index is 1.99. The SMILES string of the molecule is CC[C@H](C)NC(=O)C[NH+]1CCN(S(=O)(=O)c2c(Cl)cccc2Cl)CC1. The Morgan fingerprint density at radius 1 is 1.28 bits per heavy atom. The van der Waals surface area contributed by atoms with Crippen molar-refractivity contribution in [2.45, 2.75) is 31.2 Å². The first-order chi connectivity index (χ1) is 11.8. The van der Waals surface area contributed by atoms with Crippen LogP contribution in [0.3, 0.4) is 0 Å². The van der Waals surface area contributed by atoms with Gasteiger partial charge in [0.1, 0.15) is 4.90 Å². The number of quaternary nitrogens is 1. The number of halogens is 2. The molecule has 140 valence electrons. The number of rotatable bonds is 6. The number of carbonyl (C=O) groups excluding carboxylic acids is 1.